The number of aryl methyl sites for hydroxylation is 1. The summed E-state index contributed by atoms with van der Waals surface area (Å²) >= 11 is 1.50. The van der Waals surface area contributed by atoms with Gasteiger partial charge in [-0.05, 0) is 23.6 Å². The van der Waals surface area contributed by atoms with Crippen LogP contribution in [0.15, 0.2) is 22.0 Å². The van der Waals surface area contributed by atoms with Gasteiger partial charge in [0.1, 0.15) is 0 Å². The molecule has 2 aromatic rings. The first-order valence-electron chi connectivity index (χ1n) is 3.83. The Morgan fingerprint density at radius 1 is 1.64 bits per heavy atom. The Morgan fingerprint density at radius 3 is 3.00 bits per heavy atom. The molecule has 0 aliphatic carbocycles. The fourth-order valence-corrected chi connectivity index (χ4v) is 1.61. The van der Waals surface area contributed by atoms with Crippen LogP contribution in [0.2, 0.25) is 0 Å². The maximum absolute atomic E-state index is 8.82. The summed E-state index contributed by atoms with van der Waals surface area (Å²) in [5.74, 6) is 0.799. The first kappa shape index (κ1) is 8.82. The average molecular weight is 209 g/mol. The lowest BCUT2D eigenvalue weighted by atomic mass is 10.3. The van der Waals surface area contributed by atoms with Gasteiger partial charge in [-0.2, -0.15) is 11.3 Å². The average Bonchev–Trinajstić information content (AvgIpc) is 2.79. The summed E-state index contributed by atoms with van der Waals surface area (Å²) in [5.41, 5.74) is 0.759. The first-order valence-corrected chi connectivity index (χ1v) is 4.77. The van der Waals surface area contributed by atoms with Crippen LogP contribution in [0.25, 0.3) is 0 Å². The molecule has 72 valence electrons. The lowest BCUT2D eigenvalue weighted by Gasteiger charge is -1.96. The number of thiophene rings is 1. The molecule has 1 N–H and O–H groups in total. The predicted octanol–water partition coefficient (Wildman–Crippen LogP) is 0.727. The molecule has 0 aromatic carbocycles. The normalized spacial score (nSPS) is 11.9. The van der Waals surface area contributed by atoms with Crippen LogP contribution in [-0.4, -0.2) is 31.3 Å². The van der Waals surface area contributed by atoms with E-state index in [1.54, 1.807) is 6.92 Å². The summed E-state index contributed by atoms with van der Waals surface area (Å²) < 4.78 is 0. The van der Waals surface area contributed by atoms with Crippen molar-refractivity contribution in [3.05, 3.63) is 28.2 Å². The van der Waals surface area contributed by atoms with E-state index in [0.717, 1.165) is 5.56 Å². The van der Waals surface area contributed by atoms with Gasteiger partial charge in [0, 0.05) is 10.9 Å². The Balaban J connectivity index is 2.42. The van der Waals surface area contributed by atoms with Crippen molar-refractivity contribution in [3.8, 4) is 0 Å². The molecule has 7 heteroatoms. The van der Waals surface area contributed by atoms with Crippen molar-refractivity contribution < 1.29 is 5.21 Å². The zero-order chi connectivity index (χ0) is 9.97. The van der Waals surface area contributed by atoms with Gasteiger partial charge in [0.2, 0.25) is 5.84 Å². The van der Waals surface area contributed by atoms with Gasteiger partial charge in [-0.15, -0.1) is 15.0 Å². The molecule has 0 saturated carbocycles. The van der Waals surface area contributed by atoms with Crippen LogP contribution in [0.5, 0.6) is 0 Å². The highest BCUT2D eigenvalue weighted by Gasteiger charge is 2.10. The van der Waals surface area contributed by atoms with Gasteiger partial charge in [-0.1, -0.05) is 5.16 Å². The quantitative estimate of drug-likeness (QED) is 0.325. The molecule has 2 rings (SSSR count). The van der Waals surface area contributed by atoms with Crippen LogP contribution in [0.1, 0.15) is 11.4 Å². The van der Waals surface area contributed by atoms with E-state index in [4.69, 9.17) is 5.21 Å². The molecule has 2 heterocycles. The lowest BCUT2D eigenvalue weighted by molar-refractivity contribution is 0.315. The summed E-state index contributed by atoms with van der Waals surface area (Å²) in [6.07, 6.45) is 0. The van der Waals surface area contributed by atoms with Gasteiger partial charge in [0.15, 0.2) is 5.82 Å². The van der Waals surface area contributed by atoms with Crippen LogP contribution in [0.4, 0.5) is 0 Å². The van der Waals surface area contributed by atoms with Crippen molar-refractivity contribution >= 4 is 17.2 Å². The molecule has 14 heavy (non-hydrogen) atoms. The molecular weight excluding hydrogens is 202 g/mol. The Bertz CT molecular complexity index is 446. The van der Waals surface area contributed by atoms with Crippen LogP contribution in [0, 0.1) is 6.92 Å². The molecule has 0 fully saturated rings. The molecule has 0 aliphatic rings. The molecule has 0 amide bonds. The molecule has 6 nitrogen and oxygen atoms in total. The Hall–Kier alpha value is -1.76. The minimum Gasteiger partial charge on any atom is -0.409 e. The fourth-order valence-electron chi connectivity index (χ4n) is 0.979. The highest BCUT2D eigenvalue weighted by Crippen LogP contribution is 2.07. The van der Waals surface area contributed by atoms with E-state index in [1.807, 2.05) is 16.8 Å². The number of hydrogen-bond acceptors (Lipinski definition) is 6. The summed E-state index contributed by atoms with van der Waals surface area (Å²) in [4.78, 5) is 1.19. The molecule has 0 spiro atoms. The molecule has 0 bridgehead atoms. The van der Waals surface area contributed by atoms with Crippen molar-refractivity contribution in [2.45, 2.75) is 6.92 Å². The Kier molecular flexibility index (Phi) is 2.23. The van der Waals surface area contributed by atoms with Crippen molar-refractivity contribution in [3.63, 3.8) is 0 Å². The van der Waals surface area contributed by atoms with Gasteiger partial charge < -0.3 is 5.21 Å². The highest BCUT2D eigenvalue weighted by molar-refractivity contribution is 7.08. The highest BCUT2D eigenvalue weighted by atomic mass is 32.1. The van der Waals surface area contributed by atoms with E-state index in [2.05, 4.69) is 20.6 Å². The number of nitrogens with zero attached hydrogens (tertiary/aromatic N) is 5. The van der Waals surface area contributed by atoms with Crippen molar-refractivity contribution in [2.24, 2.45) is 5.16 Å². The smallest absolute Gasteiger partial charge is 0.222 e. The molecule has 0 atom stereocenters. The van der Waals surface area contributed by atoms with Gasteiger partial charge >= 0.3 is 0 Å². The second-order valence-electron chi connectivity index (χ2n) is 2.56. The van der Waals surface area contributed by atoms with E-state index in [1.165, 1.54) is 16.1 Å². The molecule has 2 aromatic heterocycles. The van der Waals surface area contributed by atoms with Crippen LogP contribution >= 0.6 is 11.3 Å². The molecular formula is C7H7N5OS. The maximum atomic E-state index is 8.82. The molecule has 0 unspecified atom stereocenters. The maximum Gasteiger partial charge on any atom is 0.222 e. The second kappa shape index (κ2) is 3.54. The summed E-state index contributed by atoms with van der Waals surface area (Å²) in [6.45, 7) is 1.71. The number of hydrogen-bond donors (Lipinski definition) is 1. The zero-order valence-electron chi connectivity index (χ0n) is 7.32. The second-order valence-corrected chi connectivity index (χ2v) is 3.34. The molecule has 0 radical (unpaired) electrons. The fraction of sp³-hybridized carbons (Fsp3) is 0.143. The largest absolute Gasteiger partial charge is 0.409 e. The topological polar surface area (TPSA) is 76.2 Å². The van der Waals surface area contributed by atoms with E-state index in [9.17, 15) is 0 Å². The monoisotopic (exact) mass is 209 g/mol. The Labute approximate surface area is 83.5 Å². The number of oxime groups is 1. The summed E-state index contributed by atoms with van der Waals surface area (Å²) in [5, 5.41) is 27.0. The van der Waals surface area contributed by atoms with Crippen LogP contribution in [0.3, 0.4) is 0 Å². The van der Waals surface area contributed by atoms with E-state index in [0.29, 0.717) is 5.82 Å². The molecule has 0 aliphatic heterocycles. The van der Waals surface area contributed by atoms with Crippen molar-refractivity contribution in [2.75, 3.05) is 0 Å². The summed E-state index contributed by atoms with van der Waals surface area (Å²) in [7, 11) is 0. The minimum atomic E-state index is 0.270. The van der Waals surface area contributed by atoms with E-state index >= 15 is 0 Å². The SMILES string of the molecule is Cc1nnn(/C(=N/O)c2ccsc2)n1. The Morgan fingerprint density at radius 2 is 2.50 bits per heavy atom. The van der Waals surface area contributed by atoms with E-state index in [-0.39, 0.29) is 5.84 Å². The third-order valence-electron chi connectivity index (χ3n) is 1.58. The number of tetrazole rings is 1. The van der Waals surface area contributed by atoms with Crippen LogP contribution in [-0.2, 0) is 0 Å². The van der Waals surface area contributed by atoms with Crippen molar-refractivity contribution in [1.82, 2.24) is 20.2 Å². The van der Waals surface area contributed by atoms with Crippen molar-refractivity contribution in [1.29, 1.82) is 0 Å². The van der Waals surface area contributed by atoms with E-state index < -0.39 is 0 Å². The predicted molar refractivity (Wildman–Crippen MR) is 50.6 cm³/mol. The third kappa shape index (κ3) is 1.49. The third-order valence-corrected chi connectivity index (χ3v) is 2.26. The standard InChI is InChI=1S/C7H7N5OS/c1-5-8-11-12(9-5)7(10-13)6-2-3-14-4-6/h2-4,13H,1H3/b10-7+. The van der Waals surface area contributed by atoms with Gasteiger partial charge in [-0.3, -0.25) is 0 Å². The number of rotatable bonds is 1. The first-order chi connectivity index (χ1) is 6.81. The lowest BCUT2D eigenvalue weighted by Crippen LogP contribution is -2.16. The van der Waals surface area contributed by atoms with Gasteiger partial charge in [0.25, 0.3) is 0 Å². The van der Waals surface area contributed by atoms with Gasteiger partial charge in [0.05, 0.1) is 0 Å². The minimum absolute atomic E-state index is 0.270. The zero-order valence-corrected chi connectivity index (χ0v) is 8.14. The number of aromatic nitrogens is 4. The van der Waals surface area contributed by atoms with Gasteiger partial charge in [-0.25, -0.2) is 0 Å². The summed E-state index contributed by atoms with van der Waals surface area (Å²) in [6, 6.07) is 1.82. The van der Waals surface area contributed by atoms with Crippen LogP contribution < -0.4 is 0 Å². The molecule has 0 saturated heterocycles.